The second-order valence-electron chi connectivity index (χ2n) is 8.32. The third-order valence-electron chi connectivity index (χ3n) is 6.05. The number of carbonyl (C=O) groups excluding carboxylic acids is 2. The Morgan fingerprint density at radius 2 is 1.65 bits per heavy atom. The first-order valence-corrected chi connectivity index (χ1v) is 10.9. The second-order valence-corrected chi connectivity index (χ2v) is 8.32. The van der Waals surface area contributed by atoms with E-state index in [0.717, 1.165) is 28.1 Å². The number of anilines is 1. The molecule has 2 amide bonds. The maximum Gasteiger partial charge on any atom is 0.277 e. The van der Waals surface area contributed by atoms with E-state index >= 15 is 0 Å². The van der Waals surface area contributed by atoms with E-state index in [0.29, 0.717) is 16.9 Å². The van der Waals surface area contributed by atoms with Crippen molar-refractivity contribution in [1.29, 1.82) is 0 Å². The Morgan fingerprint density at radius 1 is 0.971 bits per heavy atom. The molecule has 0 fully saturated rings. The van der Waals surface area contributed by atoms with Gasteiger partial charge in [0.15, 0.2) is 0 Å². The molecule has 0 saturated carbocycles. The van der Waals surface area contributed by atoms with E-state index in [1.807, 2.05) is 66.7 Å². The quantitative estimate of drug-likeness (QED) is 0.482. The van der Waals surface area contributed by atoms with E-state index in [-0.39, 0.29) is 17.9 Å². The van der Waals surface area contributed by atoms with Crippen LogP contribution >= 0.6 is 0 Å². The van der Waals surface area contributed by atoms with Crippen molar-refractivity contribution in [3.05, 3.63) is 101 Å². The zero-order valence-electron chi connectivity index (χ0n) is 19.1. The van der Waals surface area contributed by atoms with Crippen molar-refractivity contribution in [3.8, 4) is 17.0 Å². The molecule has 0 aliphatic carbocycles. The summed E-state index contributed by atoms with van der Waals surface area (Å²) in [6.07, 6.45) is 0. The summed E-state index contributed by atoms with van der Waals surface area (Å²) in [5.41, 5.74) is 5.15. The Hall–Kier alpha value is -4.39. The van der Waals surface area contributed by atoms with E-state index in [2.05, 4.69) is 10.2 Å². The van der Waals surface area contributed by atoms with Crippen molar-refractivity contribution in [1.82, 2.24) is 15.1 Å². The number of nitrogens with zero attached hydrogens (tertiary/aromatic N) is 3. The van der Waals surface area contributed by atoms with E-state index in [4.69, 9.17) is 4.74 Å². The molecule has 170 valence electrons. The predicted molar refractivity (Wildman–Crippen MR) is 130 cm³/mol. The highest BCUT2D eigenvalue weighted by molar-refractivity contribution is 6.12. The van der Waals surface area contributed by atoms with Crippen molar-refractivity contribution in [2.45, 2.75) is 6.04 Å². The second kappa shape index (κ2) is 8.51. The van der Waals surface area contributed by atoms with E-state index in [1.165, 1.54) is 4.90 Å². The summed E-state index contributed by atoms with van der Waals surface area (Å²) in [5.74, 6) is 0.499. The van der Waals surface area contributed by atoms with E-state index in [9.17, 15) is 9.59 Å². The topological polar surface area (TPSA) is 78.5 Å². The van der Waals surface area contributed by atoms with Crippen LogP contribution in [0, 0.1) is 0 Å². The molecule has 0 bridgehead atoms. The zero-order valence-corrected chi connectivity index (χ0v) is 19.1. The summed E-state index contributed by atoms with van der Waals surface area (Å²) in [6, 6.07) is 24.3. The van der Waals surface area contributed by atoms with Crippen LogP contribution in [0.4, 0.5) is 5.69 Å². The molecule has 5 rings (SSSR count). The number of amides is 2. The Labute approximate surface area is 197 Å². The van der Waals surface area contributed by atoms with Crippen LogP contribution in [-0.4, -0.2) is 48.1 Å². The Morgan fingerprint density at radius 3 is 2.26 bits per heavy atom. The molecule has 0 radical (unpaired) electrons. The number of fused-ring (bicyclic) bond motifs is 1. The van der Waals surface area contributed by atoms with E-state index < -0.39 is 0 Å². The average molecular weight is 453 g/mol. The first-order valence-electron chi connectivity index (χ1n) is 10.9. The molecule has 3 aromatic carbocycles. The molecule has 1 atom stereocenters. The molecule has 4 aromatic rings. The number of carbonyl (C=O) groups is 2. The normalized spacial score (nSPS) is 14.7. The van der Waals surface area contributed by atoms with Gasteiger partial charge >= 0.3 is 0 Å². The largest absolute Gasteiger partial charge is 0.497 e. The molecule has 0 saturated heterocycles. The van der Waals surface area contributed by atoms with Crippen molar-refractivity contribution >= 4 is 17.5 Å². The molecule has 1 aliphatic rings. The minimum Gasteiger partial charge on any atom is -0.497 e. The van der Waals surface area contributed by atoms with Gasteiger partial charge in [-0.15, -0.1) is 0 Å². The highest BCUT2D eigenvalue weighted by Gasteiger charge is 2.43. The van der Waals surface area contributed by atoms with Crippen LogP contribution in [0.15, 0.2) is 78.9 Å². The summed E-state index contributed by atoms with van der Waals surface area (Å²) >= 11 is 0. The molecule has 1 N–H and O–H groups in total. The number of hydrogen-bond acceptors (Lipinski definition) is 4. The van der Waals surface area contributed by atoms with Gasteiger partial charge < -0.3 is 9.64 Å². The van der Waals surface area contributed by atoms with Crippen molar-refractivity contribution in [3.63, 3.8) is 0 Å². The van der Waals surface area contributed by atoms with Gasteiger partial charge in [-0.25, -0.2) is 0 Å². The predicted octanol–water partition coefficient (Wildman–Crippen LogP) is 4.54. The summed E-state index contributed by atoms with van der Waals surface area (Å²) in [7, 11) is 5.05. The maximum atomic E-state index is 13.6. The number of hydrogen-bond donors (Lipinski definition) is 1. The van der Waals surface area contributed by atoms with Crippen molar-refractivity contribution < 1.29 is 14.3 Å². The number of methoxy groups -OCH3 is 1. The van der Waals surface area contributed by atoms with Crippen LogP contribution in [-0.2, 0) is 0 Å². The summed E-state index contributed by atoms with van der Waals surface area (Å²) < 4.78 is 5.29. The van der Waals surface area contributed by atoms with Crippen LogP contribution in [0.1, 0.15) is 38.0 Å². The van der Waals surface area contributed by atoms with Crippen LogP contribution in [0.3, 0.4) is 0 Å². The fourth-order valence-corrected chi connectivity index (χ4v) is 4.36. The monoisotopic (exact) mass is 452 g/mol. The SMILES string of the molecule is COc1ccc(-c2n[nH]c3c2C(c2ccccc2)N(c2ccc(C(=O)N(C)C)cc2)C3=O)cc1. The fraction of sp³-hybridized carbons (Fsp3) is 0.148. The van der Waals surface area contributed by atoms with Crippen molar-refractivity contribution in [2.75, 3.05) is 26.1 Å². The number of H-pyrrole nitrogens is 1. The number of rotatable bonds is 5. The molecular weight excluding hydrogens is 428 g/mol. The Kier molecular flexibility index (Phi) is 5.37. The summed E-state index contributed by atoms with van der Waals surface area (Å²) in [5, 5.41) is 7.48. The molecule has 1 aliphatic heterocycles. The molecule has 1 unspecified atom stereocenters. The van der Waals surface area contributed by atoms with Gasteiger partial charge in [-0.05, 0) is 54.1 Å². The number of aromatic amines is 1. The van der Waals surface area contributed by atoms with Gasteiger partial charge in [-0.1, -0.05) is 30.3 Å². The van der Waals surface area contributed by atoms with Crippen LogP contribution in [0.5, 0.6) is 5.75 Å². The fourth-order valence-electron chi connectivity index (χ4n) is 4.36. The minimum absolute atomic E-state index is 0.0879. The highest BCUT2D eigenvalue weighted by Crippen LogP contribution is 2.45. The lowest BCUT2D eigenvalue weighted by atomic mass is 9.96. The van der Waals surface area contributed by atoms with Gasteiger partial charge in [-0.2, -0.15) is 5.10 Å². The molecule has 7 nitrogen and oxygen atoms in total. The first kappa shape index (κ1) is 21.5. The first-order chi connectivity index (χ1) is 16.5. The van der Waals surface area contributed by atoms with E-state index in [1.54, 1.807) is 38.2 Å². The van der Waals surface area contributed by atoms with Gasteiger partial charge in [0.1, 0.15) is 11.4 Å². The lowest BCUT2D eigenvalue weighted by Crippen LogP contribution is -2.29. The summed E-state index contributed by atoms with van der Waals surface area (Å²) in [6.45, 7) is 0. The van der Waals surface area contributed by atoms with Crippen LogP contribution < -0.4 is 9.64 Å². The molecule has 2 heterocycles. The highest BCUT2D eigenvalue weighted by atomic mass is 16.5. The zero-order chi connectivity index (χ0) is 23.8. The molecule has 7 heteroatoms. The molecule has 34 heavy (non-hydrogen) atoms. The van der Waals surface area contributed by atoms with Gasteiger partial charge in [0.05, 0.1) is 18.8 Å². The van der Waals surface area contributed by atoms with Gasteiger partial charge in [0, 0.05) is 36.5 Å². The lowest BCUT2D eigenvalue weighted by Gasteiger charge is -2.26. The Balaban J connectivity index is 1.62. The third kappa shape index (κ3) is 3.51. The van der Waals surface area contributed by atoms with Crippen LogP contribution in [0.2, 0.25) is 0 Å². The Bertz CT molecular complexity index is 1340. The van der Waals surface area contributed by atoms with Gasteiger partial charge in [0.25, 0.3) is 11.8 Å². The maximum absolute atomic E-state index is 13.6. The number of ether oxygens (including phenoxy) is 1. The standard InChI is InChI=1S/C27H24N4O3/c1-30(2)26(32)19-9-13-20(14-10-19)31-25(18-7-5-4-6-8-18)22-23(28-29-24(22)27(31)33)17-11-15-21(34-3)16-12-17/h4-16,25H,1-3H3,(H,28,29). The number of benzene rings is 3. The molecular formula is C27H24N4O3. The van der Waals surface area contributed by atoms with Gasteiger partial charge in [-0.3, -0.25) is 19.6 Å². The summed E-state index contributed by atoms with van der Waals surface area (Å²) in [4.78, 5) is 29.2. The third-order valence-corrected chi connectivity index (χ3v) is 6.05. The smallest absolute Gasteiger partial charge is 0.277 e. The van der Waals surface area contributed by atoms with Crippen molar-refractivity contribution in [2.24, 2.45) is 0 Å². The lowest BCUT2D eigenvalue weighted by molar-refractivity contribution is 0.0827. The van der Waals surface area contributed by atoms with Crippen LogP contribution in [0.25, 0.3) is 11.3 Å². The minimum atomic E-state index is -0.366. The number of nitrogens with one attached hydrogen (secondary N) is 1. The number of aromatic nitrogens is 2. The molecule has 1 aromatic heterocycles. The molecule has 0 spiro atoms. The van der Waals surface area contributed by atoms with Gasteiger partial charge in [0.2, 0.25) is 0 Å². The average Bonchev–Trinajstić information content (AvgIpc) is 3.43.